The second-order valence-electron chi connectivity index (χ2n) is 4.19. The third-order valence-electron chi connectivity index (χ3n) is 2.72. The lowest BCUT2D eigenvalue weighted by molar-refractivity contribution is 0.0696. The van der Waals surface area contributed by atoms with Gasteiger partial charge in [0, 0.05) is 6.42 Å². The molecule has 4 N–H and O–H groups in total. The Balaban J connectivity index is 2.30. The third kappa shape index (κ3) is 3.14. The minimum Gasteiger partial charge on any atom is -0.506 e. The molecule has 1 aromatic carbocycles. The van der Waals surface area contributed by atoms with E-state index in [0.717, 1.165) is 6.07 Å². The van der Waals surface area contributed by atoms with Crippen molar-refractivity contribution in [3.05, 3.63) is 35.8 Å². The lowest BCUT2D eigenvalue weighted by atomic mass is 10.2. The lowest BCUT2D eigenvalue weighted by Gasteiger charge is -2.08. The molecule has 112 valence electrons. The SMILES string of the molecule is CCc1ncc(S(=O)(=O)Nc2ccc(C(=O)O)cc2O)[nH]1. The van der Waals surface area contributed by atoms with Crippen LogP contribution in [0.25, 0.3) is 0 Å². The number of carboxylic acids is 1. The molecule has 9 heteroatoms. The summed E-state index contributed by atoms with van der Waals surface area (Å²) in [6, 6.07) is 3.32. The second-order valence-corrected chi connectivity index (χ2v) is 5.84. The minimum absolute atomic E-state index is 0.118. The smallest absolute Gasteiger partial charge is 0.335 e. The number of carboxylic acid groups (broad SMARTS) is 1. The molecule has 0 unspecified atom stereocenters. The molecule has 0 aliphatic heterocycles. The van der Waals surface area contributed by atoms with E-state index in [4.69, 9.17) is 5.11 Å². The summed E-state index contributed by atoms with van der Waals surface area (Å²) in [5.41, 5.74) is -0.266. The number of anilines is 1. The quantitative estimate of drug-likeness (QED) is 0.613. The average Bonchev–Trinajstić information content (AvgIpc) is 2.90. The second kappa shape index (κ2) is 5.44. The van der Waals surface area contributed by atoms with Gasteiger partial charge in [0.15, 0.2) is 5.03 Å². The van der Waals surface area contributed by atoms with Gasteiger partial charge in [0.2, 0.25) is 0 Å². The van der Waals surface area contributed by atoms with Crippen molar-refractivity contribution in [1.29, 1.82) is 0 Å². The van der Waals surface area contributed by atoms with E-state index in [0.29, 0.717) is 12.2 Å². The Morgan fingerprint density at radius 1 is 1.43 bits per heavy atom. The van der Waals surface area contributed by atoms with Crippen LogP contribution in [0.3, 0.4) is 0 Å². The van der Waals surface area contributed by atoms with E-state index in [2.05, 4.69) is 14.7 Å². The van der Waals surface area contributed by atoms with Gasteiger partial charge in [-0.3, -0.25) is 4.72 Å². The van der Waals surface area contributed by atoms with Gasteiger partial charge in [0.05, 0.1) is 17.4 Å². The zero-order valence-corrected chi connectivity index (χ0v) is 11.8. The number of H-pyrrole nitrogens is 1. The van der Waals surface area contributed by atoms with Gasteiger partial charge in [0.25, 0.3) is 10.0 Å². The number of aromatic hydroxyl groups is 1. The number of aromatic nitrogens is 2. The minimum atomic E-state index is -3.93. The Kier molecular flexibility index (Phi) is 3.85. The van der Waals surface area contributed by atoms with Crippen LogP contribution < -0.4 is 4.72 Å². The number of benzene rings is 1. The van der Waals surface area contributed by atoms with Crippen molar-refractivity contribution in [3.63, 3.8) is 0 Å². The predicted octanol–water partition coefficient (Wildman–Crippen LogP) is 1.18. The van der Waals surface area contributed by atoms with E-state index in [1.807, 2.05) is 6.92 Å². The fourth-order valence-corrected chi connectivity index (χ4v) is 2.63. The summed E-state index contributed by atoms with van der Waals surface area (Å²) in [4.78, 5) is 17.3. The van der Waals surface area contributed by atoms with Crippen LogP contribution in [0.4, 0.5) is 5.69 Å². The molecule has 0 saturated heterocycles. The van der Waals surface area contributed by atoms with Crippen molar-refractivity contribution in [1.82, 2.24) is 9.97 Å². The van der Waals surface area contributed by atoms with E-state index < -0.39 is 21.7 Å². The molecule has 1 heterocycles. The number of carbonyl (C=O) groups is 1. The molecule has 0 fully saturated rings. The van der Waals surface area contributed by atoms with E-state index in [1.54, 1.807) is 0 Å². The van der Waals surface area contributed by atoms with Crippen LogP contribution in [0.15, 0.2) is 29.4 Å². The molecular formula is C12H13N3O5S. The molecule has 8 nitrogen and oxygen atoms in total. The van der Waals surface area contributed by atoms with Gasteiger partial charge in [-0.2, -0.15) is 8.42 Å². The standard InChI is InChI=1S/C12H13N3O5S/c1-2-10-13-6-11(14-10)21(19,20)15-8-4-3-7(12(17)18)5-9(8)16/h3-6,15-16H,2H2,1H3,(H,13,14)(H,17,18). The lowest BCUT2D eigenvalue weighted by Crippen LogP contribution is -2.13. The number of hydrogen-bond donors (Lipinski definition) is 4. The summed E-state index contributed by atoms with van der Waals surface area (Å²) >= 11 is 0. The van der Waals surface area contributed by atoms with Gasteiger partial charge < -0.3 is 15.2 Å². The largest absolute Gasteiger partial charge is 0.506 e. The Bertz CT molecular complexity index is 782. The van der Waals surface area contributed by atoms with Gasteiger partial charge in [-0.25, -0.2) is 9.78 Å². The summed E-state index contributed by atoms with van der Waals surface area (Å²) in [6.07, 6.45) is 1.72. The average molecular weight is 311 g/mol. The fraction of sp³-hybridized carbons (Fsp3) is 0.167. The molecule has 2 rings (SSSR count). The fourth-order valence-electron chi connectivity index (χ4n) is 1.61. The number of sulfonamides is 1. The number of hydrogen-bond acceptors (Lipinski definition) is 5. The number of nitrogens with one attached hydrogen (secondary N) is 2. The first-order valence-corrected chi connectivity index (χ1v) is 7.45. The molecule has 2 aromatic rings. The van der Waals surface area contributed by atoms with Crippen LogP contribution in [-0.4, -0.2) is 34.6 Å². The van der Waals surface area contributed by atoms with Crippen molar-refractivity contribution in [2.45, 2.75) is 18.4 Å². The van der Waals surface area contributed by atoms with Crippen LogP contribution in [-0.2, 0) is 16.4 Å². The topological polar surface area (TPSA) is 132 Å². The first-order valence-electron chi connectivity index (χ1n) is 5.96. The number of nitrogens with zero attached hydrogens (tertiary/aromatic N) is 1. The van der Waals surface area contributed by atoms with E-state index in [1.165, 1.54) is 18.3 Å². The molecule has 0 atom stereocenters. The molecule has 0 amide bonds. The Labute approximate surface area is 120 Å². The highest BCUT2D eigenvalue weighted by Crippen LogP contribution is 2.26. The van der Waals surface area contributed by atoms with Crippen LogP contribution in [0.5, 0.6) is 5.75 Å². The summed E-state index contributed by atoms with van der Waals surface area (Å²) in [7, 11) is -3.93. The Hall–Kier alpha value is -2.55. The van der Waals surface area contributed by atoms with E-state index in [9.17, 15) is 18.3 Å². The summed E-state index contributed by atoms with van der Waals surface area (Å²) in [5.74, 6) is -1.18. The Morgan fingerprint density at radius 2 is 2.14 bits per heavy atom. The van der Waals surface area contributed by atoms with Crippen LogP contribution in [0.1, 0.15) is 23.1 Å². The number of aromatic amines is 1. The number of rotatable bonds is 5. The zero-order valence-electron chi connectivity index (χ0n) is 11.0. The van der Waals surface area contributed by atoms with E-state index in [-0.39, 0.29) is 16.3 Å². The number of aromatic carboxylic acids is 1. The highest BCUT2D eigenvalue weighted by Gasteiger charge is 2.19. The monoisotopic (exact) mass is 311 g/mol. The third-order valence-corrected chi connectivity index (χ3v) is 3.99. The van der Waals surface area contributed by atoms with Crippen molar-refractivity contribution < 1.29 is 23.4 Å². The van der Waals surface area contributed by atoms with Crippen molar-refractivity contribution >= 4 is 21.7 Å². The molecule has 0 radical (unpaired) electrons. The van der Waals surface area contributed by atoms with Crippen LogP contribution in [0, 0.1) is 0 Å². The maximum absolute atomic E-state index is 12.1. The molecule has 0 spiro atoms. The summed E-state index contributed by atoms with van der Waals surface area (Å²) < 4.78 is 26.3. The van der Waals surface area contributed by atoms with Gasteiger partial charge >= 0.3 is 5.97 Å². The van der Waals surface area contributed by atoms with Gasteiger partial charge in [-0.15, -0.1) is 0 Å². The molecule has 0 aliphatic rings. The number of phenols is 1. The van der Waals surface area contributed by atoms with Crippen molar-refractivity contribution in [3.8, 4) is 5.75 Å². The van der Waals surface area contributed by atoms with Crippen molar-refractivity contribution in [2.75, 3.05) is 4.72 Å². The van der Waals surface area contributed by atoms with Gasteiger partial charge in [-0.1, -0.05) is 6.92 Å². The van der Waals surface area contributed by atoms with Crippen LogP contribution in [0.2, 0.25) is 0 Å². The number of imidazole rings is 1. The van der Waals surface area contributed by atoms with E-state index >= 15 is 0 Å². The predicted molar refractivity (Wildman–Crippen MR) is 73.8 cm³/mol. The normalized spacial score (nSPS) is 11.3. The first kappa shape index (κ1) is 14.9. The number of aryl methyl sites for hydroxylation is 1. The molecule has 0 aliphatic carbocycles. The van der Waals surface area contributed by atoms with Gasteiger partial charge in [0.1, 0.15) is 11.6 Å². The zero-order chi connectivity index (χ0) is 15.6. The molecule has 21 heavy (non-hydrogen) atoms. The molecule has 0 bridgehead atoms. The van der Waals surface area contributed by atoms with Gasteiger partial charge in [-0.05, 0) is 18.2 Å². The Morgan fingerprint density at radius 3 is 2.67 bits per heavy atom. The number of phenolic OH excluding ortho intramolecular Hbond substituents is 1. The van der Waals surface area contributed by atoms with Crippen molar-refractivity contribution in [2.24, 2.45) is 0 Å². The highest BCUT2D eigenvalue weighted by atomic mass is 32.2. The summed E-state index contributed by atoms with van der Waals surface area (Å²) in [5, 5.41) is 18.3. The molecule has 1 aromatic heterocycles. The first-order chi connectivity index (χ1) is 9.83. The summed E-state index contributed by atoms with van der Waals surface area (Å²) in [6.45, 7) is 1.82. The molecule has 0 saturated carbocycles. The van der Waals surface area contributed by atoms with Crippen LogP contribution >= 0.6 is 0 Å². The highest BCUT2D eigenvalue weighted by molar-refractivity contribution is 7.92. The molecular weight excluding hydrogens is 298 g/mol. The maximum atomic E-state index is 12.1. The maximum Gasteiger partial charge on any atom is 0.335 e.